The third-order valence-electron chi connectivity index (χ3n) is 4.80. The van der Waals surface area contributed by atoms with Crippen LogP contribution in [0.3, 0.4) is 0 Å². The predicted molar refractivity (Wildman–Crippen MR) is 107 cm³/mol. The second kappa shape index (κ2) is 11.2. The summed E-state index contributed by atoms with van der Waals surface area (Å²) in [6.45, 7) is 5.52. The molecule has 0 bridgehead atoms. The molecule has 1 aliphatic rings. The second-order valence-corrected chi connectivity index (χ2v) is 7.30. The van der Waals surface area contributed by atoms with E-state index in [4.69, 9.17) is 14.2 Å². The first-order valence-corrected chi connectivity index (χ1v) is 9.55. The van der Waals surface area contributed by atoms with Gasteiger partial charge in [0.1, 0.15) is 12.7 Å². The van der Waals surface area contributed by atoms with Crippen LogP contribution in [0.4, 0.5) is 0 Å². The number of methoxy groups -OCH3 is 2. The number of hydrogen-bond acceptors (Lipinski definition) is 8. The van der Waals surface area contributed by atoms with E-state index < -0.39 is 6.10 Å². The zero-order valence-corrected chi connectivity index (χ0v) is 17.4. The number of aliphatic hydroxyl groups is 1. The van der Waals surface area contributed by atoms with Crippen molar-refractivity contribution in [1.29, 1.82) is 0 Å². The molecule has 28 heavy (non-hydrogen) atoms. The van der Waals surface area contributed by atoms with Gasteiger partial charge in [-0.25, -0.2) is 0 Å². The highest BCUT2D eigenvalue weighted by atomic mass is 16.5. The Kier molecular flexibility index (Phi) is 8.98. The van der Waals surface area contributed by atoms with Crippen molar-refractivity contribution >= 4 is 5.97 Å². The molecule has 0 spiro atoms. The molecular formula is C20H33N3O5. The van der Waals surface area contributed by atoms with Gasteiger partial charge in [-0.15, -0.1) is 0 Å². The molecule has 1 unspecified atom stereocenters. The molecule has 0 aromatic heterocycles. The molecule has 1 aromatic carbocycles. The zero-order valence-electron chi connectivity index (χ0n) is 17.4. The van der Waals surface area contributed by atoms with Crippen molar-refractivity contribution in [3.8, 4) is 11.5 Å². The molecule has 0 aliphatic carbocycles. The van der Waals surface area contributed by atoms with Crippen LogP contribution < -0.4 is 9.47 Å². The molecule has 1 N–H and O–H groups in total. The van der Waals surface area contributed by atoms with E-state index in [1.165, 1.54) is 7.11 Å². The molecule has 1 atom stereocenters. The average molecular weight is 396 g/mol. The Bertz CT molecular complexity index is 620. The van der Waals surface area contributed by atoms with E-state index in [9.17, 15) is 9.90 Å². The van der Waals surface area contributed by atoms with E-state index in [0.29, 0.717) is 24.6 Å². The minimum Gasteiger partial charge on any atom is -0.493 e. The Balaban J connectivity index is 1.89. The first-order chi connectivity index (χ1) is 13.4. The fourth-order valence-corrected chi connectivity index (χ4v) is 3.15. The van der Waals surface area contributed by atoms with Gasteiger partial charge in [-0.05, 0) is 31.8 Å². The van der Waals surface area contributed by atoms with Crippen molar-refractivity contribution in [2.75, 3.05) is 74.2 Å². The fraction of sp³-hybridized carbons (Fsp3) is 0.650. The molecule has 1 aromatic rings. The molecule has 1 fully saturated rings. The maximum absolute atomic E-state index is 11.4. The summed E-state index contributed by atoms with van der Waals surface area (Å²) in [5.74, 6) is 0.926. The van der Waals surface area contributed by atoms with Gasteiger partial charge in [0.05, 0.1) is 20.8 Å². The number of hydrogen-bond donors (Lipinski definition) is 1. The number of piperazine rings is 1. The van der Waals surface area contributed by atoms with E-state index in [1.807, 2.05) is 30.1 Å². The minimum absolute atomic E-state index is 0.199. The normalized spacial score (nSPS) is 16.8. The van der Waals surface area contributed by atoms with Crippen LogP contribution in [0.15, 0.2) is 18.2 Å². The number of carbonyl (C=O) groups is 1. The molecule has 8 nitrogen and oxygen atoms in total. The van der Waals surface area contributed by atoms with Crippen LogP contribution in [0.2, 0.25) is 0 Å². The number of ether oxygens (including phenoxy) is 3. The summed E-state index contributed by atoms with van der Waals surface area (Å²) >= 11 is 0. The highest BCUT2D eigenvalue weighted by Crippen LogP contribution is 2.28. The van der Waals surface area contributed by atoms with Gasteiger partial charge in [-0.3, -0.25) is 14.6 Å². The molecule has 8 heteroatoms. The van der Waals surface area contributed by atoms with Gasteiger partial charge in [-0.1, -0.05) is 6.07 Å². The van der Waals surface area contributed by atoms with Crippen LogP contribution in [-0.4, -0.2) is 106 Å². The number of likely N-dealkylation sites (N-methyl/N-ethyl adjacent to an activating group) is 2. The lowest BCUT2D eigenvalue weighted by molar-refractivity contribution is -0.141. The van der Waals surface area contributed by atoms with Gasteiger partial charge in [0.2, 0.25) is 0 Å². The van der Waals surface area contributed by atoms with Crippen molar-refractivity contribution in [3.05, 3.63) is 23.8 Å². The Morgan fingerprint density at radius 2 is 1.93 bits per heavy atom. The third kappa shape index (κ3) is 7.27. The summed E-state index contributed by atoms with van der Waals surface area (Å²) in [5.41, 5.74) is 0.982. The van der Waals surface area contributed by atoms with Crippen LogP contribution in [0.25, 0.3) is 0 Å². The number of benzene rings is 1. The Morgan fingerprint density at radius 1 is 1.21 bits per heavy atom. The lowest BCUT2D eigenvalue weighted by Gasteiger charge is -2.33. The van der Waals surface area contributed by atoms with Crippen LogP contribution in [-0.2, 0) is 16.1 Å². The summed E-state index contributed by atoms with van der Waals surface area (Å²) in [7, 11) is 6.93. The quantitative estimate of drug-likeness (QED) is 0.567. The SMILES string of the molecule is COC(=O)CN(C)Cc1ccc(OC)c(OCC(O)CN2CCN(C)CC2)c1. The fourth-order valence-electron chi connectivity index (χ4n) is 3.15. The van der Waals surface area contributed by atoms with Gasteiger partial charge >= 0.3 is 5.97 Å². The van der Waals surface area contributed by atoms with E-state index in [1.54, 1.807) is 7.11 Å². The molecule has 0 amide bonds. The number of rotatable bonds is 10. The summed E-state index contributed by atoms with van der Waals surface area (Å²) in [5, 5.41) is 10.4. The molecule has 158 valence electrons. The van der Waals surface area contributed by atoms with Gasteiger partial charge in [0.25, 0.3) is 0 Å². The summed E-state index contributed by atoms with van der Waals surface area (Å²) in [6, 6.07) is 5.65. The summed E-state index contributed by atoms with van der Waals surface area (Å²) in [6.07, 6.45) is -0.571. The molecule has 0 radical (unpaired) electrons. The maximum atomic E-state index is 11.4. The van der Waals surface area contributed by atoms with Gasteiger partial charge < -0.3 is 24.2 Å². The number of nitrogens with zero attached hydrogens (tertiary/aromatic N) is 3. The predicted octanol–water partition coefficient (Wildman–Crippen LogP) is 0.287. The number of aliphatic hydroxyl groups excluding tert-OH is 1. The molecule has 0 saturated carbocycles. The molecule has 1 aliphatic heterocycles. The number of β-amino-alcohol motifs (C(OH)–C–C–N with tert-alkyl or cyclic N) is 1. The van der Waals surface area contributed by atoms with Gasteiger partial charge in [0.15, 0.2) is 11.5 Å². The highest BCUT2D eigenvalue weighted by molar-refractivity contribution is 5.71. The van der Waals surface area contributed by atoms with E-state index in [-0.39, 0.29) is 19.1 Å². The zero-order chi connectivity index (χ0) is 20.5. The first-order valence-electron chi connectivity index (χ1n) is 9.55. The minimum atomic E-state index is -0.571. The van der Waals surface area contributed by atoms with Crippen molar-refractivity contribution in [2.24, 2.45) is 0 Å². The highest BCUT2D eigenvalue weighted by Gasteiger charge is 2.18. The Hall–Kier alpha value is -1.87. The molecular weight excluding hydrogens is 362 g/mol. The largest absolute Gasteiger partial charge is 0.493 e. The van der Waals surface area contributed by atoms with Crippen molar-refractivity contribution in [3.63, 3.8) is 0 Å². The third-order valence-corrected chi connectivity index (χ3v) is 4.80. The Labute approximate surface area is 167 Å². The monoisotopic (exact) mass is 395 g/mol. The van der Waals surface area contributed by atoms with Crippen molar-refractivity contribution in [1.82, 2.24) is 14.7 Å². The van der Waals surface area contributed by atoms with Gasteiger partial charge in [-0.2, -0.15) is 0 Å². The second-order valence-electron chi connectivity index (χ2n) is 7.30. The lowest BCUT2D eigenvalue weighted by atomic mass is 10.2. The summed E-state index contributed by atoms with van der Waals surface area (Å²) in [4.78, 5) is 17.8. The molecule has 2 rings (SSSR count). The lowest BCUT2D eigenvalue weighted by Crippen LogP contribution is -2.47. The number of carbonyl (C=O) groups excluding carboxylic acids is 1. The maximum Gasteiger partial charge on any atom is 0.319 e. The average Bonchev–Trinajstić information content (AvgIpc) is 2.68. The van der Waals surface area contributed by atoms with E-state index >= 15 is 0 Å². The van der Waals surface area contributed by atoms with Crippen LogP contribution in [0, 0.1) is 0 Å². The van der Waals surface area contributed by atoms with E-state index in [0.717, 1.165) is 31.7 Å². The topological polar surface area (TPSA) is 74.7 Å². The molecule has 1 saturated heterocycles. The Morgan fingerprint density at radius 3 is 2.57 bits per heavy atom. The standard InChI is InChI=1S/C20H33N3O5/c1-21-7-9-23(10-8-21)13-17(24)15-28-19-11-16(5-6-18(19)26-3)12-22(2)14-20(25)27-4/h5-6,11,17,24H,7-10,12-15H2,1-4H3. The van der Waals surface area contributed by atoms with E-state index in [2.05, 4.69) is 16.8 Å². The van der Waals surface area contributed by atoms with Crippen molar-refractivity contribution in [2.45, 2.75) is 12.6 Å². The van der Waals surface area contributed by atoms with Crippen molar-refractivity contribution < 1.29 is 24.1 Å². The van der Waals surface area contributed by atoms with Crippen LogP contribution in [0.1, 0.15) is 5.56 Å². The van der Waals surface area contributed by atoms with Gasteiger partial charge in [0, 0.05) is 39.3 Å². The van der Waals surface area contributed by atoms with Crippen LogP contribution in [0.5, 0.6) is 11.5 Å². The number of esters is 1. The van der Waals surface area contributed by atoms with Crippen LogP contribution >= 0.6 is 0 Å². The first kappa shape index (κ1) is 22.4. The molecule has 1 heterocycles. The smallest absolute Gasteiger partial charge is 0.319 e. The summed E-state index contributed by atoms with van der Waals surface area (Å²) < 4.78 is 15.9.